The van der Waals surface area contributed by atoms with Gasteiger partial charge in [0, 0.05) is 26.4 Å². The lowest BCUT2D eigenvalue weighted by Gasteiger charge is -2.19. The number of aromatic nitrogens is 1. The number of hydrogen-bond acceptors (Lipinski definition) is 4. The first-order valence-corrected chi connectivity index (χ1v) is 5.94. The molecular weight excluding hydrogens is 214 g/mol. The summed E-state index contributed by atoms with van der Waals surface area (Å²) in [5.74, 6) is 0.799. The molecule has 0 aromatic carbocycles. The van der Waals surface area contributed by atoms with Crippen molar-refractivity contribution in [2.75, 3.05) is 31.7 Å². The normalized spacial score (nSPS) is 14.4. The Hall–Kier alpha value is -1.60. The van der Waals surface area contributed by atoms with E-state index in [0.717, 1.165) is 24.8 Å². The van der Waals surface area contributed by atoms with Crippen molar-refractivity contribution in [2.24, 2.45) is 5.92 Å². The van der Waals surface area contributed by atoms with E-state index < -0.39 is 0 Å². The van der Waals surface area contributed by atoms with Gasteiger partial charge in [-0.25, -0.2) is 0 Å². The first-order valence-electron chi connectivity index (χ1n) is 5.94. The zero-order chi connectivity index (χ0) is 12.1. The summed E-state index contributed by atoms with van der Waals surface area (Å²) in [5, 5.41) is 8.98. The first kappa shape index (κ1) is 11.9. The summed E-state index contributed by atoms with van der Waals surface area (Å²) < 4.78 is 5.58. The van der Waals surface area contributed by atoms with E-state index in [2.05, 4.69) is 11.1 Å². The lowest BCUT2D eigenvalue weighted by Crippen LogP contribution is -2.23. The third kappa shape index (κ3) is 3.43. The van der Waals surface area contributed by atoms with Crippen LogP contribution in [0.25, 0.3) is 0 Å². The molecule has 4 nitrogen and oxygen atoms in total. The van der Waals surface area contributed by atoms with E-state index in [1.54, 1.807) is 18.5 Å². The van der Waals surface area contributed by atoms with Crippen molar-refractivity contribution >= 4 is 5.69 Å². The molecule has 1 aliphatic carbocycles. The second-order valence-corrected chi connectivity index (χ2v) is 4.44. The fourth-order valence-electron chi connectivity index (χ4n) is 1.64. The molecular formula is C13H17N3O. The largest absolute Gasteiger partial charge is 0.379 e. The standard InChI is InChI=1S/C13H17N3O/c1-16(6-7-17-10-11-2-3-11)13-9-15-5-4-12(13)8-14/h4-5,9,11H,2-3,6-7,10H2,1H3. The Kier molecular flexibility index (Phi) is 3.94. The second kappa shape index (κ2) is 5.65. The molecule has 0 aliphatic heterocycles. The number of nitriles is 1. The molecule has 17 heavy (non-hydrogen) atoms. The number of anilines is 1. The summed E-state index contributed by atoms with van der Waals surface area (Å²) in [6, 6.07) is 3.91. The van der Waals surface area contributed by atoms with Gasteiger partial charge in [-0.3, -0.25) is 4.98 Å². The maximum atomic E-state index is 8.98. The smallest absolute Gasteiger partial charge is 0.101 e. The molecule has 1 aromatic heterocycles. The van der Waals surface area contributed by atoms with Gasteiger partial charge >= 0.3 is 0 Å². The monoisotopic (exact) mass is 231 g/mol. The lowest BCUT2D eigenvalue weighted by molar-refractivity contribution is 0.131. The number of hydrogen-bond donors (Lipinski definition) is 0. The van der Waals surface area contributed by atoms with Crippen molar-refractivity contribution in [1.29, 1.82) is 5.26 Å². The molecule has 0 bridgehead atoms. The molecule has 0 N–H and O–H groups in total. The molecule has 2 rings (SSSR count). The van der Waals surface area contributed by atoms with Crippen LogP contribution in [0.5, 0.6) is 0 Å². The van der Waals surface area contributed by atoms with Crippen LogP contribution in [0.3, 0.4) is 0 Å². The van der Waals surface area contributed by atoms with Gasteiger partial charge in [0.25, 0.3) is 0 Å². The van der Waals surface area contributed by atoms with Crippen LogP contribution in [0.2, 0.25) is 0 Å². The Morgan fingerprint density at radius 1 is 1.59 bits per heavy atom. The summed E-state index contributed by atoms with van der Waals surface area (Å²) in [6.45, 7) is 2.37. The number of ether oxygens (including phenoxy) is 1. The fraction of sp³-hybridized carbons (Fsp3) is 0.538. The average molecular weight is 231 g/mol. The Balaban J connectivity index is 1.81. The Bertz CT molecular complexity index is 409. The van der Waals surface area contributed by atoms with Gasteiger partial charge in [-0.2, -0.15) is 5.26 Å². The minimum atomic E-state index is 0.657. The molecule has 1 fully saturated rings. The lowest BCUT2D eigenvalue weighted by atomic mass is 10.2. The quantitative estimate of drug-likeness (QED) is 0.701. The third-order valence-electron chi connectivity index (χ3n) is 2.95. The maximum Gasteiger partial charge on any atom is 0.101 e. The van der Waals surface area contributed by atoms with Crippen LogP contribution >= 0.6 is 0 Å². The van der Waals surface area contributed by atoms with Crippen LogP contribution in [-0.4, -0.2) is 31.8 Å². The Morgan fingerprint density at radius 2 is 2.41 bits per heavy atom. The van der Waals surface area contributed by atoms with Crippen molar-refractivity contribution in [3.8, 4) is 6.07 Å². The van der Waals surface area contributed by atoms with Crippen molar-refractivity contribution in [3.05, 3.63) is 24.0 Å². The zero-order valence-electron chi connectivity index (χ0n) is 10.1. The SMILES string of the molecule is CN(CCOCC1CC1)c1cnccc1C#N. The molecule has 0 spiro atoms. The number of nitrogens with zero attached hydrogens (tertiary/aromatic N) is 3. The highest BCUT2D eigenvalue weighted by Crippen LogP contribution is 2.28. The second-order valence-electron chi connectivity index (χ2n) is 4.44. The molecule has 1 aliphatic rings. The van der Waals surface area contributed by atoms with Crippen LogP contribution in [0.15, 0.2) is 18.5 Å². The number of likely N-dealkylation sites (N-methyl/N-ethyl adjacent to an activating group) is 1. The van der Waals surface area contributed by atoms with Gasteiger partial charge in [0.15, 0.2) is 0 Å². The van der Waals surface area contributed by atoms with Gasteiger partial charge in [-0.1, -0.05) is 0 Å². The van der Waals surface area contributed by atoms with Crippen LogP contribution in [0.1, 0.15) is 18.4 Å². The molecule has 0 amide bonds. The predicted octanol–water partition coefficient (Wildman–Crippen LogP) is 1.82. The van der Waals surface area contributed by atoms with E-state index in [1.165, 1.54) is 12.8 Å². The molecule has 0 radical (unpaired) electrons. The highest BCUT2D eigenvalue weighted by molar-refractivity contribution is 5.56. The number of pyridine rings is 1. The Labute approximate surface area is 102 Å². The highest BCUT2D eigenvalue weighted by atomic mass is 16.5. The van der Waals surface area contributed by atoms with Crippen molar-refractivity contribution in [3.63, 3.8) is 0 Å². The van der Waals surface area contributed by atoms with Crippen molar-refractivity contribution < 1.29 is 4.74 Å². The molecule has 0 atom stereocenters. The summed E-state index contributed by atoms with van der Waals surface area (Å²) in [6.07, 6.45) is 5.99. The van der Waals surface area contributed by atoms with E-state index in [9.17, 15) is 0 Å². The topological polar surface area (TPSA) is 49.1 Å². The van der Waals surface area contributed by atoms with Gasteiger partial charge in [0.2, 0.25) is 0 Å². The molecule has 1 aromatic rings. The molecule has 0 saturated heterocycles. The summed E-state index contributed by atoms with van der Waals surface area (Å²) in [7, 11) is 1.96. The minimum Gasteiger partial charge on any atom is -0.379 e. The third-order valence-corrected chi connectivity index (χ3v) is 2.95. The van der Waals surface area contributed by atoms with Crippen LogP contribution in [0, 0.1) is 17.2 Å². The minimum absolute atomic E-state index is 0.657. The molecule has 1 heterocycles. The van der Waals surface area contributed by atoms with E-state index in [4.69, 9.17) is 10.00 Å². The highest BCUT2D eigenvalue weighted by Gasteiger charge is 2.21. The average Bonchev–Trinajstić information content (AvgIpc) is 3.18. The molecule has 4 heteroatoms. The first-order chi connectivity index (χ1) is 8.31. The van der Waals surface area contributed by atoms with Crippen LogP contribution in [-0.2, 0) is 4.74 Å². The van der Waals surface area contributed by atoms with E-state index >= 15 is 0 Å². The van der Waals surface area contributed by atoms with Gasteiger partial charge in [-0.15, -0.1) is 0 Å². The summed E-state index contributed by atoms with van der Waals surface area (Å²) >= 11 is 0. The fourth-order valence-corrected chi connectivity index (χ4v) is 1.64. The van der Waals surface area contributed by atoms with Crippen LogP contribution in [0.4, 0.5) is 5.69 Å². The predicted molar refractivity (Wildman–Crippen MR) is 65.8 cm³/mol. The zero-order valence-corrected chi connectivity index (χ0v) is 10.1. The maximum absolute atomic E-state index is 8.98. The van der Waals surface area contributed by atoms with Gasteiger partial charge in [-0.05, 0) is 24.8 Å². The van der Waals surface area contributed by atoms with E-state index in [0.29, 0.717) is 12.2 Å². The van der Waals surface area contributed by atoms with Crippen molar-refractivity contribution in [1.82, 2.24) is 4.98 Å². The van der Waals surface area contributed by atoms with Crippen molar-refractivity contribution in [2.45, 2.75) is 12.8 Å². The number of rotatable bonds is 6. The summed E-state index contributed by atoms with van der Waals surface area (Å²) in [4.78, 5) is 6.06. The van der Waals surface area contributed by atoms with Gasteiger partial charge in [0.05, 0.1) is 24.1 Å². The summed E-state index contributed by atoms with van der Waals surface area (Å²) in [5.41, 5.74) is 1.52. The molecule has 1 saturated carbocycles. The Morgan fingerprint density at radius 3 is 3.12 bits per heavy atom. The van der Waals surface area contributed by atoms with E-state index in [1.807, 2.05) is 11.9 Å². The molecule has 90 valence electrons. The van der Waals surface area contributed by atoms with Gasteiger partial charge in [0.1, 0.15) is 6.07 Å². The molecule has 0 unspecified atom stereocenters. The van der Waals surface area contributed by atoms with Gasteiger partial charge < -0.3 is 9.64 Å². The van der Waals surface area contributed by atoms with E-state index in [-0.39, 0.29) is 0 Å². The van der Waals surface area contributed by atoms with Crippen LogP contribution < -0.4 is 4.90 Å².